The number of nitrogens with one attached hydrogen (secondary N) is 2. The van der Waals surface area contributed by atoms with E-state index in [0.29, 0.717) is 6.54 Å². The molecule has 2 aromatic heterocycles. The van der Waals surface area contributed by atoms with Crippen molar-refractivity contribution in [1.29, 1.82) is 0 Å². The Morgan fingerprint density at radius 2 is 2.08 bits per heavy atom. The third-order valence-electron chi connectivity index (χ3n) is 3.85. The fourth-order valence-electron chi connectivity index (χ4n) is 2.65. The molecule has 134 valence electrons. The molecular formula is C17H23IN6O. The van der Waals surface area contributed by atoms with Crippen LogP contribution in [0.3, 0.4) is 0 Å². The van der Waals surface area contributed by atoms with Crippen molar-refractivity contribution in [2.45, 2.75) is 26.4 Å². The average Bonchev–Trinajstić information content (AvgIpc) is 3.22. The summed E-state index contributed by atoms with van der Waals surface area (Å²) in [7, 11) is 1.76. The number of hydrogen-bond acceptors (Lipinski definition) is 4. The van der Waals surface area contributed by atoms with E-state index in [9.17, 15) is 0 Å². The Hall–Kier alpha value is -2.10. The molecule has 2 N–H and O–H groups in total. The van der Waals surface area contributed by atoms with E-state index in [0.717, 1.165) is 42.5 Å². The van der Waals surface area contributed by atoms with E-state index in [2.05, 4.69) is 36.4 Å². The van der Waals surface area contributed by atoms with Gasteiger partial charge in [0.2, 0.25) is 0 Å². The number of imidazole rings is 1. The van der Waals surface area contributed by atoms with E-state index in [1.165, 1.54) is 5.52 Å². The van der Waals surface area contributed by atoms with E-state index in [1.807, 2.05) is 31.2 Å². The quantitative estimate of drug-likeness (QED) is 0.259. The van der Waals surface area contributed by atoms with Crippen molar-refractivity contribution >= 4 is 41.0 Å². The van der Waals surface area contributed by atoms with Crippen molar-refractivity contribution in [1.82, 2.24) is 25.3 Å². The maximum atomic E-state index is 4.81. The van der Waals surface area contributed by atoms with Crippen molar-refractivity contribution in [2.24, 2.45) is 4.99 Å². The second-order valence-corrected chi connectivity index (χ2v) is 5.50. The Kier molecular flexibility index (Phi) is 7.23. The Bertz CT molecular complexity index is 812. The third kappa shape index (κ3) is 4.94. The number of guanidine groups is 1. The monoisotopic (exact) mass is 454 g/mol. The predicted octanol–water partition coefficient (Wildman–Crippen LogP) is 2.71. The van der Waals surface area contributed by atoms with Crippen molar-refractivity contribution < 1.29 is 4.52 Å². The van der Waals surface area contributed by atoms with Crippen molar-refractivity contribution in [3.63, 3.8) is 0 Å². The number of para-hydroxylation sites is 2. The van der Waals surface area contributed by atoms with Crippen LogP contribution in [0.25, 0.3) is 11.0 Å². The van der Waals surface area contributed by atoms with E-state index < -0.39 is 0 Å². The van der Waals surface area contributed by atoms with Gasteiger partial charge in [0.25, 0.3) is 0 Å². The molecule has 2 heterocycles. The molecule has 0 bridgehead atoms. The Labute approximate surface area is 163 Å². The zero-order valence-corrected chi connectivity index (χ0v) is 16.7. The van der Waals surface area contributed by atoms with Crippen molar-refractivity contribution in [3.8, 4) is 0 Å². The highest BCUT2D eigenvalue weighted by atomic mass is 127. The summed E-state index contributed by atoms with van der Waals surface area (Å²) in [5.41, 5.74) is 3.08. The lowest BCUT2D eigenvalue weighted by Gasteiger charge is -2.11. The largest absolute Gasteiger partial charge is 0.364 e. The molecule has 0 aliphatic rings. The van der Waals surface area contributed by atoms with Gasteiger partial charge < -0.3 is 19.7 Å². The van der Waals surface area contributed by atoms with Crippen LogP contribution in [-0.2, 0) is 13.1 Å². The first-order valence-corrected chi connectivity index (χ1v) is 8.03. The maximum Gasteiger partial charge on any atom is 0.191 e. The topological polar surface area (TPSA) is 80.3 Å². The number of aliphatic imine (C=N–C) groups is 1. The van der Waals surface area contributed by atoms with Crippen LogP contribution in [0, 0.1) is 6.92 Å². The van der Waals surface area contributed by atoms with Crippen molar-refractivity contribution in [3.05, 3.63) is 48.1 Å². The molecule has 0 atom stereocenters. The summed E-state index contributed by atoms with van der Waals surface area (Å²) in [5, 5.41) is 10.4. The number of fused-ring (bicyclic) bond motifs is 1. The summed E-state index contributed by atoms with van der Waals surface area (Å²) in [4.78, 5) is 8.80. The van der Waals surface area contributed by atoms with Crippen LogP contribution >= 0.6 is 24.0 Å². The van der Waals surface area contributed by atoms with Gasteiger partial charge in [-0.3, -0.25) is 4.99 Å². The molecule has 25 heavy (non-hydrogen) atoms. The Morgan fingerprint density at radius 1 is 1.24 bits per heavy atom. The van der Waals surface area contributed by atoms with Gasteiger partial charge in [-0.05, 0) is 25.5 Å². The summed E-state index contributed by atoms with van der Waals surface area (Å²) >= 11 is 0. The van der Waals surface area contributed by atoms with Gasteiger partial charge in [-0.2, -0.15) is 0 Å². The fourth-order valence-corrected chi connectivity index (χ4v) is 2.65. The van der Waals surface area contributed by atoms with Gasteiger partial charge in [0.15, 0.2) is 5.96 Å². The molecule has 0 amide bonds. The first kappa shape index (κ1) is 19.2. The molecule has 7 nitrogen and oxygen atoms in total. The minimum atomic E-state index is 0. The summed E-state index contributed by atoms with van der Waals surface area (Å²) in [6, 6.07) is 10.1. The lowest BCUT2D eigenvalue weighted by molar-refractivity contribution is 0.410. The molecule has 0 aliphatic carbocycles. The molecule has 0 fully saturated rings. The Morgan fingerprint density at radius 3 is 2.84 bits per heavy atom. The molecule has 0 unspecified atom stereocenters. The van der Waals surface area contributed by atoms with Crippen LogP contribution in [0.5, 0.6) is 0 Å². The lowest BCUT2D eigenvalue weighted by Crippen LogP contribution is -2.37. The summed E-state index contributed by atoms with van der Waals surface area (Å²) < 4.78 is 7.06. The van der Waals surface area contributed by atoms with Crippen LogP contribution in [0.2, 0.25) is 0 Å². The normalized spacial score (nSPS) is 11.4. The number of aryl methyl sites for hydroxylation is 2. The first-order valence-electron chi connectivity index (χ1n) is 8.03. The van der Waals surface area contributed by atoms with Gasteiger partial charge >= 0.3 is 0 Å². The Balaban J connectivity index is 0.00000225. The number of aromatic nitrogens is 3. The van der Waals surface area contributed by atoms with Gasteiger partial charge in [-0.1, -0.05) is 17.3 Å². The van der Waals surface area contributed by atoms with Gasteiger partial charge in [-0.25, -0.2) is 4.98 Å². The molecule has 8 heteroatoms. The van der Waals surface area contributed by atoms with Gasteiger partial charge in [-0.15, -0.1) is 24.0 Å². The van der Waals surface area contributed by atoms with Crippen LogP contribution in [0.4, 0.5) is 0 Å². The highest BCUT2D eigenvalue weighted by Gasteiger charge is 2.06. The zero-order chi connectivity index (χ0) is 16.8. The number of rotatable bonds is 6. The third-order valence-corrected chi connectivity index (χ3v) is 3.85. The zero-order valence-electron chi connectivity index (χ0n) is 14.4. The van der Waals surface area contributed by atoms with E-state index in [4.69, 9.17) is 4.52 Å². The summed E-state index contributed by atoms with van der Waals surface area (Å²) in [5.74, 6) is 1.80. The maximum absolute atomic E-state index is 4.81. The molecular weight excluding hydrogens is 431 g/mol. The SMILES string of the molecule is CN=C(NCCCn1c(C)nc2ccccc21)NCc1ccon1.I. The minimum Gasteiger partial charge on any atom is -0.364 e. The summed E-state index contributed by atoms with van der Waals surface area (Å²) in [6.45, 7) is 4.37. The average molecular weight is 454 g/mol. The highest BCUT2D eigenvalue weighted by molar-refractivity contribution is 14.0. The molecule has 0 saturated heterocycles. The molecule has 1 aromatic carbocycles. The molecule has 3 aromatic rings. The number of halogens is 1. The van der Waals surface area contributed by atoms with Crippen LogP contribution in [-0.4, -0.2) is 34.3 Å². The summed E-state index contributed by atoms with van der Waals surface area (Å²) in [6.07, 6.45) is 2.54. The fraction of sp³-hybridized carbons (Fsp3) is 0.353. The van der Waals surface area contributed by atoms with Gasteiger partial charge in [0.05, 0.1) is 17.6 Å². The standard InChI is InChI=1S/C17H22N6O.HI/c1-13-21-15-6-3-4-7-16(15)23(13)10-5-9-19-17(18-2)20-12-14-8-11-24-22-14;/h3-4,6-8,11H,5,9-10,12H2,1-2H3,(H2,18,19,20);1H. The second-order valence-electron chi connectivity index (χ2n) is 5.50. The molecule has 0 saturated carbocycles. The second kappa shape index (κ2) is 9.40. The van der Waals surface area contributed by atoms with E-state index in [1.54, 1.807) is 13.3 Å². The van der Waals surface area contributed by atoms with Gasteiger partial charge in [0.1, 0.15) is 17.8 Å². The van der Waals surface area contributed by atoms with E-state index in [-0.39, 0.29) is 24.0 Å². The molecule has 0 aliphatic heterocycles. The molecule has 3 rings (SSSR count). The molecule has 0 radical (unpaired) electrons. The minimum absolute atomic E-state index is 0. The van der Waals surface area contributed by atoms with Crippen LogP contribution in [0.1, 0.15) is 17.9 Å². The number of nitrogens with zero attached hydrogens (tertiary/aromatic N) is 4. The van der Waals surface area contributed by atoms with Crippen molar-refractivity contribution in [2.75, 3.05) is 13.6 Å². The van der Waals surface area contributed by atoms with Crippen LogP contribution < -0.4 is 10.6 Å². The highest BCUT2D eigenvalue weighted by Crippen LogP contribution is 2.15. The smallest absolute Gasteiger partial charge is 0.191 e. The van der Waals surface area contributed by atoms with Crippen LogP contribution in [0.15, 0.2) is 46.1 Å². The van der Waals surface area contributed by atoms with Gasteiger partial charge in [0, 0.05) is 26.2 Å². The van der Waals surface area contributed by atoms with E-state index >= 15 is 0 Å². The number of hydrogen-bond donors (Lipinski definition) is 2. The lowest BCUT2D eigenvalue weighted by atomic mass is 10.3. The number of benzene rings is 1. The predicted molar refractivity (Wildman–Crippen MR) is 109 cm³/mol. The first-order chi connectivity index (χ1) is 11.8. The molecule has 0 spiro atoms.